The van der Waals surface area contributed by atoms with Crippen molar-refractivity contribution in [2.45, 2.75) is 180 Å². The molecule has 0 unspecified atom stereocenters. The molecule has 6 rings (SSSR count). The molecule has 2 saturated heterocycles. The van der Waals surface area contributed by atoms with Crippen LogP contribution in [0.25, 0.3) is 0 Å². The first-order valence-corrected chi connectivity index (χ1v) is 26.8. The molecule has 424 valence electrons. The fourth-order valence-electron chi connectivity index (χ4n) is 10.2. The molecule has 20 heteroatoms. The lowest BCUT2D eigenvalue weighted by atomic mass is 9.92. The molecule has 2 aromatic carbocycles. The summed E-state index contributed by atoms with van der Waals surface area (Å²) in [7, 11) is 0. The normalized spacial score (nSPS) is 21.0. The predicted octanol–water partition coefficient (Wildman–Crippen LogP) is 5.16. The van der Waals surface area contributed by atoms with Gasteiger partial charge in [0.25, 0.3) is 0 Å². The van der Waals surface area contributed by atoms with Crippen molar-refractivity contribution in [1.29, 1.82) is 0 Å². The van der Waals surface area contributed by atoms with E-state index in [4.69, 9.17) is 21.7 Å². The fourth-order valence-corrected chi connectivity index (χ4v) is 10.2. The molecule has 0 spiro atoms. The van der Waals surface area contributed by atoms with Gasteiger partial charge in [0.2, 0.25) is 23.6 Å². The van der Waals surface area contributed by atoms with Gasteiger partial charge in [-0.3, -0.25) is 29.0 Å². The highest BCUT2D eigenvalue weighted by Crippen LogP contribution is 2.32. The molecule has 4 amide bonds. The number of carboxylic acid groups (broad SMARTS) is 2. The number of rotatable bonds is 18. The summed E-state index contributed by atoms with van der Waals surface area (Å²) in [5.41, 5.74) is 14.7. The van der Waals surface area contributed by atoms with Crippen LogP contribution >= 0.6 is 0 Å². The Morgan fingerprint density at radius 3 is 1.28 bits per heavy atom. The van der Waals surface area contributed by atoms with Gasteiger partial charge in [-0.15, -0.1) is 0 Å². The van der Waals surface area contributed by atoms with Crippen LogP contribution in [-0.4, -0.2) is 153 Å². The number of aliphatic carboxylic acids is 2. The van der Waals surface area contributed by atoms with Gasteiger partial charge >= 0.3 is 11.9 Å². The van der Waals surface area contributed by atoms with E-state index in [0.29, 0.717) is 49.7 Å². The van der Waals surface area contributed by atoms with Crippen molar-refractivity contribution in [1.82, 2.24) is 20.4 Å². The first-order valence-electron chi connectivity index (χ1n) is 26.8. The van der Waals surface area contributed by atoms with E-state index >= 15 is 0 Å². The highest BCUT2D eigenvalue weighted by atomic mass is 19.1. The third-order valence-corrected chi connectivity index (χ3v) is 15.2. The number of aryl methyl sites for hydroxylation is 2. The molecule has 2 aromatic rings. The van der Waals surface area contributed by atoms with E-state index in [9.17, 15) is 47.8 Å². The first-order chi connectivity index (χ1) is 35.6. The number of hydrogen-bond acceptors (Lipinski definition) is 12. The molecule has 2 saturated carbocycles. The van der Waals surface area contributed by atoms with Crippen LogP contribution in [0.5, 0.6) is 0 Å². The van der Waals surface area contributed by atoms with E-state index in [1.807, 2.05) is 65.2 Å². The van der Waals surface area contributed by atoms with E-state index in [0.717, 1.165) is 62.5 Å². The fraction of sp³-hybridized carbons (Fsp3) is 0.643. The summed E-state index contributed by atoms with van der Waals surface area (Å²) >= 11 is 0. The summed E-state index contributed by atoms with van der Waals surface area (Å²) in [5, 5.41) is 43.3. The van der Waals surface area contributed by atoms with E-state index in [1.165, 1.54) is 37.1 Å². The van der Waals surface area contributed by atoms with E-state index in [2.05, 4.69) is 10.6 Å². The predicted molar refractivity (Wildman–Crippen MR) is 288 cm³/mol. The highest BCUT2D eigenvalue weighted by molar-refractivity contribution is 5.97. The van der Waals surface area contributed by atoms with Gasteiger partial charge < -0.3 is 52.3 Å². The highest BCUT2D eigenvalue weighted by Gasteiger charge is 2.42. The Morgan fingerprint density at radius 2 is 0.961 bits per heavy atom. The molecular weight excluding hydrogens is 983 g/mol. The van der Waals surface area contributed by atoms with Crippen molar-refractivity contribution >= 4 is 46.9 Å². The number of piperazine rings is 2. The SMILES string of the molecule is Cc1ccc(F)cc1N1CC(C)(C)N(C[C@H](N)[C@@H](O)C[C@@H](C)C(=O)NC2CCCCC2)CC1=O.Cc1ccc(F)cc1N1CC(C)(C)N(C[C@H](N)[C@@H](O)C[C@@H](C)C(=O)NC2CCCCC2)CC1=O.O=C(O)/C=C/C(=O)O. The summed E-state index contributed by atoms with van der Waals surface area (Å²) in [6.07, 6.45) is 11.1. The topological polar surface area (TPSA) is 272 Å². The third-order valence-electron chi connectivity index (χ3n) is 15.2. The van der Waals surface area contributed by atoms with E-state index in [1.54, 1.807) is 21.9 Å². The van der Waals surface area contributed by atoms with Crippen molar-refractivity contribution in [2.24, 2.45) is 23.3 Å². The lowest BCUT2D eigenvalue weighted by Gasteiger charge is -2.48. The number of anilines is 2. The number of aliphatic hydroxyl groups is 2. The molecule has 0 bridgehead atoms. The number of carbonyl (C=O) groups is 6. The van der Waals surface area contributed by atoms with Crippen LogP contribution in [0.15, 0.2) is 48.6 Å². The van der Waals surface area contributed by atoms with Crippen molar-refractivity contribution in [3.8, 4) is 0 Å². The zero-order chi connectivity index (χ0) is 56.7. The van der Waals surface area contributed by atoms with Crippen molar-refractivity contribution in [2.75, 3.05) is 49.1 Å². The minimum atomic E-state index is -1.26. The summed E-state index contributed by atoms with van der Waals surface area (Å²) in [6, 6.07) is 8.20. The number of aliphatic hydroxyl groups excluding tert-OH is 2. The van der Waals surface area contributed by atoms with Crippen LogP contribution in [0, 0.1) is 37.3 Å². The summed E-state index contributed by atoms with van der Waals surface area (Å²) < 4.78 is 27.7. The Balaban J connectivity index is 0.000000287. The lowest BCUT2D eigenvalue weighted by molar-refractivity contribution is -0.134. The van der Waals surface area contributed by atoms with Gasteiger partial charge in [0, 0.05) is 96.8 Å². The van der Waals surface area contributed by atoms with Gasteiger partial charge in [0.1, 0.15) is 11.6 Å². The first kappa shape index (κ1) is 63.2. The molecule has 18 nitrogen and oxygen atoms in total. The Morgan fingerprint density at radius 1 is 0.632 bits per heavy atom. The Labute approximate surface area is 447 Å². The summed E-state index contributed by atoms with van der Waals surface area (Å²) in [6.45, 7) is 17.1. The van der Waals surface area contributed by atoms with Crippen LogP contribution in [0.1, 0.15) is 130 Å². The maximum atomic E-state index is 13.8. The number of benzene rings is 2. The van der Waals surface area contributed by atoms with Crippen LogP contribution in [0.4, 0.5) is 20.2 Å². The van der Waals surface area contributed by atoms with Gasteiger partial charge in [0.05, 0.1) is 25.3 Å². The van der Waals surface area contributed by atoms with Crippen LogP contribution < -0.4 is 31.9 Å². The number of nitrogens with two attached hydrogens (primary N) is 2. The Bertz CT molecular complexity index is 2170. The number of carboxylic acids is 2. The maximum absolute atomic E-state index is 13.8. The van der Waals surface area contributed by atoms with Crippen LogP contribution in [0.2, 0.25) is 0 Å². The standard InChI is InChI=1S/2C26H41FN4O3.C4H4O4/c2*1-17-10-11-19(27)13-22(17)31-16-26(3,4)30(15-24(31)33)14-21(28)23(32)12-18(2)25(34)29-20-8-6-5-7-9-20;5-3(6)1-2-4(7)8/h2*10-11,13,18,20-21,23,32H,5-9,12,14-16,28H2,1-4H3,(H,29,34);1-2H,(H,5,6)(H,7,8)/b;;2-1+/t2*18-,21+,23+;/m11./s1. The van der Waals surface area contributed by atoms with Crippen LogP contribution in [-0.2, 0) is 28.8 Å². The number of nitrogens with zero attached hydrogens (tertiary/aromatic N) is 4. The summed E-state index contributed by atoms with van der Waals surface area (Å²) in [5.74, 6) is -4.28. The molecule has 76 heavy (non-hydrogen) atoms. The van der Waals surface area contributed by atoms with Crippen molar-refractivity contribution in [3.63, 3.8) is 0 Å². The Hall–Kier alpha value is -5.38. The molecular formula is C56H86F2N8O10. The number of amides is 4. The summed E-state index contributed by atoms with van der Waals surface area (Å²) in [4.78, 5) is 77.4. The minimum Gasteiger partial charge on any atom is -0.478 e. The number of hydrogen-bond donors (Lipinski definition) is 8. The monoisotopic (exact) mass is 1070 g/mol. The quantitative estimate of drug-likeness (QED) is 0.0897. The molecule has 2 aliphatic heterocycles. The molecule has 2 aliphatic carbocycles. The van der Waals surface area contributed by atoms with Crippen molar-refractivity contribution < 1.29 is 58.0 Å². The molecule has 2 heterocycles. The largest absolute Gasteiger partial charge is 0.478 e. The lowest BCUT2D eigenvalue weighted by Crippen LogP contribution is -2.64. The second-order valence-corrected chi connectivity index (χ2v) is 22.6. The molecule has 10 N–H and O–H groups in total. The third kappa shape index (κ3) is 19.3. The zero-order valence-corrected chi connectivity index (χ0v) is 45.9. The smallest absolute Gasteiger partial charge is 0.328 e. The van der Waals surface area contributed by atoms with Gasteiger partial charge in [-0.05, 0) is 115 Å². The van der Waals surface area contributed by atoms with Crippen LogP contribution in [0.3, 0.4) is 0 Å². The average Bonchev–Trinajstić information content (AvgIpc) is 3.35. The van der Waals surface area contributed by atoms with Gasteiger partial charge in [-0.25, -0.2) is 18.4 Å². The number of nitrogens with one attached hydrogen (secondary N) is 2. The Kier molecular flexibility index (Phi) is 24.0. The zero-order valence-electron chi connectivity index (χ0n) is 45.9. The molecule has 4 aliphatic rings. The van der Waals surface area contributed by atoms with E-state index < -0.39 is 47.3 Å². The molecule has 0 radical (unpaired) electrons. The number of halogens is 2. The van der Waals surface area contributed by atoms with E-state index in [-0.39, 0.29) is 85.1 Å². The maximum Gasteiger partial charge on any atom is 0.328 e. The average molecular weight is 1070 g/mol. The van der Waals surface area contributed by atoms with Crippen molar-refractivity contribution in [3.05, 3.63) is 71.3 Å². The molecule has 6 atom stereocenters. The second kappa shape index (κ2) is 28.8. The molecule has 4 fully saturated rings. The molecule has 0 aromatic heterocycles. The number of carbonyl (C=O) groups excluding carboxylic acids is 4. The van der Waals surface area contributed by atoms with Gasteiger partial charge in [0.15, 0.2) is 0 Å². The van der Waals surface area contributed by atoms with Gasteiger partial charge in [-0.1, -0.05) is 64.5 Å². The minimum absolute atomic E-state index is 0.0345. The van der Waals surface area contributed by atoms with Gasteiger partial charge in [-0.2, -0.15) is 0 Å². The second-order valence-electron chi connectivity index (χ2n) is 22.6.